The number of nitrogens with one attached hydrogen (secondary N) is 1. The molecule has 0 unspecified atom stereocenters. The lowest BCUT2D eigenvalue weighted by molar-refractivity contribution is -0.138. The first kappa shape index (κ1) is 17.9. The number of hydrogen-bond donors (Lipinski definition) is 2. The van der Waals surface area contributed by atoms with Crippen LogP contribution in [0.3, 0.4) is 0 Å². The van der Waals surface area contributed by atoms with Gasteiger partial charge in [-0.3, -0.25) is 14.5 Å². The lowest BCUT2D eigenvalue weighted by Gasteiger charge is -2.29. The Hall–Kier alpha value is -1.11. The molecule has 5 nitrogen and oxygen atoms in total. The largest absolute Gasteiger partial charge is 0.480 e. The van der Waals surface area contributed by atoms with Gasteiger partial charge >= 0.3 is 5.97 Å². The number of carboxylic acids is 1. The van der Waals surface area contributed by atoms with Crippen LogP contribution in [0.2, 0.25) is 0 Å². The molecule has 1 aromatic carbocycles. The number of rotatable bonds is 4. The molecule has 116 valence electrons. The SMILES string of the molecule is Cl.O=C(O)CN1CCC(C(=O)Nc2ccc(Br)cc2)CC1. The van der Waals surface area contributed by atoms with Crippen molar-refractivity contribution < 1.29 is 14.7 Å². The first-order chi connectivity index (χ1) is 9.54. The zero-order chi connectivity index (χ0) is 14.5. The molecule has 21 heavy (non-hydrogen) atoms. The monoisotopic (exact) mass is 376 g/mol. The highest BCUT2D eigenvalue weighted by molar-refractivity contribution is 9.10. The van der Waals surface area contributed by atoms with Crippen molar-refractivity contribution in [2.45, 2.75) is 12.8 Å². The number of likely N-dealkylation sites (tertiary alicyclic amines) is 1. The first-order valence-corrected chi connectivity index (χ1v) is 7.34. The van der Waals surface area contributed by atoms with Crippen LogP contribution < -0.4 is 5.32 Å². The third-order valence-corrected chi connectivity index (χ3v) is 3.96. The summed E-state index contributed by atoms with van der Waals surface area (Å²) in [4.78, 5) is 24.6. The van der Waals surface area contributed by atoms with Gasteiger partial charge in [-0.1, -0.05) is 15.9 Å². The quantitative estimate of drug-likeness (QED) is 0.846. The summed E-state index contributed by atoms with van der Waals surface area (Å²) in [5.74, 6) is -0.839. The molecule has 1 heterocycles. The van der Waals surface area contributed by atoms with E-state index in [1.165, 1.54) is 0 Å². The van der Waals surface area contributed by atoms with Crippen molar-refractivity contribution in [2.24, 2.45) is 5.92 Å². The normalized spacial score (nSPS) is 16.0. The number of hydrogen-bond acceptors (Lipinski definition) is 3. The summed E-state index contributed by atoms with van der Waals surface area (Å²) < 4.78 is 0.970. The summed E-state index contributed by atoms with van der Waals surface area (Å²) in [6.45, 7) is 1.37. The molecule has 1 saturated heterocycles. The molecule has 1 amide bonds. The van der Waals surface area contributed by atoms with Gasteiger partial charge in [-0.15, -0.1) is 12.4 Å². The van der Waals surface area contributed by atoms with E-state index in [0.717, 1.165) is 10.2 Å². The number of nitrogens with zero attached hydrogens (tertiary/aromatic N) is 1. The summed E-state index contributed by atoms with van der Waals surface area (Å²) in [5.41, 5.74) is 0.783. The van der Waals surface area contributed by atoms with E-state index in [4.69, 9.17) is 5.11 Å². The Morgan fingerprint density at radius 1 is 1.24 bits per heavy atom. The third-order valence-electron chi connectivity index (χ3n) is 3.43. The molecule has 7 heteroatoms. The van der Waals surface area contributed by atoms with Crippen LogP contribution in [0.5, 0.6) is 0 Å². The van der Waals surface area contributed by atoms with Gasteiger partial charge in [0.05, 0.1) is 6.54 Å². The van der Waals surface area contributed by atoms with Crippen molar-refractivity contribution >= 4 is 45.9 Å². The smallest absolute Gasteiger partial charge is 0.317 e. The molecule has 0 atom stereocenters. The molecule has 0 spiro atoms. The van der Waals surface area contributed by atoms with Crippen molar-refractivity contribution in [1.82, 2.24) is 4.90 Å². The molecule has 0 saturated carbocycles. The highest BCUT2D eigenvalue weighted by atomic mass is 79.9. The third kappa shape index (κ3) is 5.65. The maximum Gasteiger partial charge on any atom is 0.317 e. The molecule has 0 aliphatic carbocycles. The molecule has 0 radical (unpaired) electrons. The van der Waals surface area contributed by atoms with E-state index in [0.29, 0.717) is 25.9 Å². The van der Waals surface area contributed by atoms with Gasteiger partial charge in [-0.25, -0.2) is 0 Å². The van der Waals surface area contributed by atoms with Crippen LogP contribution in [-0.2, 0) is 9.59 Å². The van der Waals surface area contributed by atoms with E-state index in [1.807, 2.05) is 29.2 Å². The minimum absolute atomic E-state index is 0. The van der Waals surface area contributed by atoms with Crippen molar-refractivity contribution in [2.75, 3.05) is 25.0 Å². The topological polar surface area (TPSA) is 69.6 Å². The molecular formula is C14H18BrClN2O3. The van der Waals surface area contributed by atoms with Crippen LogP contribution in [-0.4, -0.2) is 41.5 Å². The second kappa shape index (κ2) is 8.36. The van der Waals surface area contributed by atoms with Crippen molar-refractivity contribution in [3.8, 4) is 0 Å². The van der Waals surface area contributed by atoms with E-state index in [1.54, 1.807) is 0 Å². The zero-order valence-electron chi connectivity index (χ0n) is 11.4. The molecule has 0 bridgehead atoms. The maximum atomic E-state index is 12.1. The van der Waals surface area contributed by atoms with E-state index >= 15 is 0 Å². The number of carbonyl (C=O) groups excluding carboxylic acids is 1. The minimum atomic E-state index is -0.817. The van der Waals surface area contributed by atoms with E-state index in [9.17, 15) is 9.59 Å². The van der Waals surface area contributed by atoms with Gasteiger partial charge in [0.1, 0.15) is 0 Å². The molecule has 1 aliphatic rings. The predicted molar refractivity (Wildman–Crippen MR) is 86.8 cm³/mol. The average molecular weight is 378 g/mol. The molecule has 2 N–H and O–H groups in total. The number of benzene rings is 1. The number of anilines is 1. The summed E-state index contributed by atoms with van der Waals surface area (Å²) in [5, 5.41) is 11.6. The number of carboxylic acid groups (broad SMARTS) is 1. The molecule has 1 fully saturated rings. The van der Waals surface area contributed by atoms with Gasteiger partial charge in [-0.2, -0.15) is 0 Å². The Kier molecular flexibility index (Phi) is 7.14. The Morgan fingerprint density at radius 2 is 1.81 bits per heavy atom. The molecular weight excluding hydrogens is 360 g/mol. The highest BCUT2D eigenvalue weighted by Crippen LogP contribution is 2.20. The summed E-state index contributed by atoms with van der Waals surface area (Å²) in [7, 11) is 0. The van der Waals surface area contributed by atoms with Crippen molar-refractivity contribution in [3.63, 3.8) is 0 Å². The van der Waals surface area contributed by atoms with Crippen LogP contribution in [0.25, 0.3) is 0 Å². The fourth-order valence-corrected chi connectivity index (χ4v) is 2.59. The summed E-state index contributed by atoms with van der Waals surface area (Å²) in [6.07, 6.45) is 1.41. The summed E-state index contributed by atoms with van der Waals surface area (Å²) >= 11 is 3.35. The lowest BCUT2D eigenvalue weighted by Crippen LogP contribution is -2.40. The standard InChI is InChI=1S/C14H17BrN2O3.ClH/c15-11-1-3-12(4-2-11)16-14(20)10-5-7-17(8-6-10)9-13(18)19;/h1-4,10H,5-9H2,(H,16,20)(H,18,19);1H. The van der Waals surface area contributed by atoms with E-state index in [-0.39, 0.29) is 30.8 Å². The van der Waals surface area contributed by atoms with E-state index in [2.05, 4.69) is 21.2 Å². The number of carbonyl (C=O) groups is 2. The second-order valence-corrected chi connectivity index (χ2v) is 5.86. The first-order valence-electron chi connectivity index (χ1n) is 6.55. The predicted octanol–water partition coefficient (Wildman–Crippen LogP) is 2.61. The fraction of sp³-hybridized carbons (Fsp3) is 0.429. The maximum absolute atomic E-state index is 12.1. The lowest BCUT2D eigenvalue weighted by atomic mass is 9.96. The van der Waals surface area contributed by atoms with Gasteiger partial charge < -0.3 is 10.4 Å². The van der Waals surface area contributed by atoms with Gasteiger partial charge in [0.2, 0.25) is 5.91 Å². The van der Waals surface area contributed by atoms with Crippen LogP contribution in [0.1, 0.15) is 12.8 Å². The van der Waals surface area contributed by atoms with Crippen molar-refractivity contribution in [1.29, 1.82) is 0 Å². The van der Waals surface area contributed by atoms with Crippen molar-refractivity contribution in [3.05, 3.63) is 28.7 Å². The highest BCUT2D eigenvalue weighted by Gasteiger charge is 2.25. The van der Waals surface area contributed by atoms with Gasteiger partial charge in [0, 0.05) is 16.1 Å². The number of aliphatic carboxylic acids is 1. The molecule has 0 aromatic heterocycles. The number of halogens is 2. The minimum Gasteiger partial charge on any atom is -0.480 e. The van der Waals surface area contributed by atoms with Crippen LogP contribution >= 0.6 is 28.3 Å². The summed E-state index contributed by atoms with van der Waals surface area (Å²) in [6, 6.07) is 7.46. The number of piperidine rings is 1. The van der Waals surface area contributed by atoms with E-state index < -0.39 is 5.97 Å². The molecule has 1 aromatic rings. The van der Waals surface area contributed by atoms with Gasteiger partial charge in [-0.05, 0) is 50.2 Å². The van der Waals surface area contributed by atoms with Gasteiger partial charge in [0.25, 0.3) is 0 Å². The Bertz CT molecular complexity index is 487. The molecule has 1 aliphatic heterocycles. The average Bonchev–Trinajstić information content (AvgIpc) is 2.41. The fourth-order valence-electron chi connectivity index (χ4n) is 2.32. The zero-order valence-corrected chi connectivity index (χ0v) is 13.8. The Labute approximate surface area is 138 Å². The van der Waals surface area contributed by atoms with Crippen LogP contribution in [0.15, 0.2) is 28.7 Å². The Morgan fingerprint density at radius 3 is 2.33 bits per heavy atom. The molecule has 2 rings (SSSR count). The number of amides is 1. The van der Waals surface area contributed by atoms with Gasteiger partial charge in [0.15, 0.2) is 0 Å². The van der Waals surface area contributed by atoms with Crippen LogP contribution in [0.4, 0.5) is 5.69 Å². The second-order valence-electron chi connectivity index (χ2n) is 4.94. The van der Waals surface area contributed by atoms with Crippen LogP contribution in [0, 0.1) is 5.92 Å². The Balaban J connectivity index is 0.00000220.